The molecule has 4 rings (SSSR count). The van der Waals surface area contributed by atoms with Crippen molar-refractivity contribution in [2.24, 2.45) is 0 Å². The lowest BCUT2D eigenvalue weighted by atomic mass is 10.2. The standard InChI is InChI=1S/C20H24ClN7O2/c21-16-3-1-2-15(14-16)20(30)22-7-6-18-24-23-17-4-5-19(25-28(17)18)27-10-8-26(9-11-27)12-13-29/h1-5,14,29H,6-13H2,(H,22,30). The predicted molar refractivity (Wildman–Crippen MR) is 114 cm³/mol. The number of carbonyl (C=O) groups excluding carboxylic acids is 1. The van der Waals surface area contributed by atoms with Crippen molar-refractivity contribution in [3.63, 3.8) is 0 Å². The molecule has 1 aromatic carbocycles. The second-order valence-corrected chi connectivity index (χ2v) is 7.58. The minimum Gasteiger partial charge on any atom is -0.395 e. The lowest BCUT2D eigenvalue weighted by Gasteiger charge is -2.34. The molecule has 1 aliphatic heterocycles. The highest BCUT2D eigenvalue weighted by Gasteiger charge is 2.19. The second kappa shape index (κ2) is 9.38. The first kappa shape index (κ1) is 20.5. The lowest BCUT2D eigenvalue weighted by Crippen LogP contribution is -2.47. The Morgan fingerprint density at radius 3 is 2.73 bits per heavy atom. The molecule has 0 saturated carbocycles. The maximum absolute atomic E-state index is 12.3. The van der Waals surface area contributed by atoms with Crippen LogP contribution in [-0.2, 0) is 6.42 Å². The summed E-state index contributed by atoms with van der Waals surface area (Å²) in [5.74, 6) is 1.38. The van der Waals surface area contributed by atoms with Crippen LogP contribution in [0.2, 0.25) is 5.02 Å². The van der Waals surface area contributed by atoms with Crippen LogP contribution in [0.3, 0.4) is 0 Å². The number of anilines is 1. The van der Waals surface area contributed by atoms with Crippen molar-refractivity contribution in [1.82, 2.24) is 30.0 Å². The Labute approximate surface area is 179 Å². The van der Waals surface area contributed by atoms with Crippen LogP contribution in [-0.4, -0.2) is 81.6 Å². The van der Waals surface area contributed by atoms with Crippen LogP contribution >= 0.6 is 11.6 Å². The molecule has 9 nitrogen and oxygen atoms in total. The van der Waals surface area contributed by atoms with Crippen LogP contribution in [0, 0.1) is 0 Å². The van der Waals surface area contributed by atoms with Gasteiger partial charge in [-0.1, -0.05) is 17.7 Å². The Balaban J connectivity index is 1.39. The molecule has 0 aliphatic carbocycles. The monoisotopic (exact) mass is 429 g/mol. The molecule has 2 aromatic heterocycles. The number of carbonyl (C=O) groups is 1. The second-order valence-electron chi connectivity index (χ2n) is 7.15. The fourth-order valence-electron chi connectivity index (χ4n) is 3.51. The Morgan fingerprint density at radius 1 is 1.13 bits per heavy atom. The minimum atomic E-state index is -0.180. The average Bonchev–Trinajstić information content (AvgIpc) is 3.17. The number of piperazine rings is 1. The molecule has 0 spiro atoms. The molecule has 158 valence electrons. The molecule has 1 saturated heterocycles. The normalized spacial score (nSPS) is 14.9. The molecule has 0 unspecified atom stereocenters. The van der Waals surface area contributed by atoms with Gasteiger partial charge in [-0.25, -0.2) is 0 Å². The first-order valence-electron chi connectivity index (χ1n) is 9.97. The van der Waals surface area contributed by atoms with E-state index in [9.17, 15) is 4.79 Å². The average molecular weight is 430 g/mol. The maximum Gasteiger partial charge on any atom is 0.251 e. The maximum atomic E-state index is 12.3. The quantitative estimate of drug-likeness (QED) is 0.574. The van der Waals surface area contributed by atoms with E-state index in [4.69, 9.17) is 21.8 Å². The van der Waals surface area contributed by atoms with Gasteiger partial charge in [-0.2, -0.15) is 4.52 Å². The summed E-state index contributed by atoms with van der Waals surface area (Å²) in [4.78, 5) is 16.7. The molecule has 10 heteroatoms. The highest BCUT2D eigenvalue weighted by molar-refractivity contribution is 6.30. The Bertz CT molecular complexity index is 1020. The number of benzene rings is 1. The molecule has 2 N–H and O–H groups in total. The van der Waals surface area contributed by atoms with E-state index in [2.05, 4.69) is 25.3 Å². The molecule has 0 radical (unpaired) electrons. The smallest absolute Gasteiger partial charge is 0.251 e. The van der Waals surface area contributed by atoms with Crippen molar-refractivity contribution in [1.29, 1.82) is 0 Å². The van der Waals surface area contributed by atoms with Gasteiger partial charge in [-0.15, -0.1) is 15.3 Å². The van der Waals surface area contributed by atoms with Crippen molar-refractivity contribution in [2.45, 2.75) is 6.42 Å². The summed E-state index contributed by atoms with van der Waals surface area (Å²) in [6, 6.07) is 10.7. The SMILES string of the molecule is O=C(NCCc1nnc2ccc(N3CCN(CCO)CC3)nn12)c1cccc(Cl)c1. The van der Waals surface area contributed by atoms with E-state index >= 15 is 0 Å². The number of aromatic nitrogens is 4. The van der Waals surface area contributed by atoms with Crippen molar-refractivity contribution in [3.05, 3.63) is 52.8 Å². The number of hydrogen-bond acceptors (Lipinski definition) is 7. The van der Waals surface area contributed by atoms with Gasteiger partial charge < -0.3 is 15.3 Å². The molecular weight excluding hydrogens is 406 g/mol. The van der Waals surface area contributed by atoms with Crippen molar-refractivity contribution >= 4 is 29.0 Å². The largest absolute Gasteiger partial charge is 0.395 e. The van der Waals surface area contributed by atoms with E-state index in [1.165, 1.54) is 0 Å². The Hall–Kier alpha value is -2.75. The van der Waals surface area contributed by atoms with E-state index in [1.54, 1.807) is 28.8 Å². The van der Waals surface area contributed by atoms with Crippen molar-refractivity contribution in [2.75, 3.05) is 50.8 Å². The van der Waals surface area contributed by atoms with Crippen LogP contribution in [0.5, 0.6) is 0 Å². The van der Waals surface area contributed by atoms with Crippen LogP contribution in [0.15, 0.2) is 36.4 Å². The molecule has 3 heterocycles. The predicted octanol–water partition coefficient (Wildman–Crippen LogP) is 0.865. The van der Waals surface area contributed by atoms with Gasteiger partial charge in [0, 0.05) is 56.3 Å². The summed E-state index contributed by atoms with van der Waals surface area (Å²) >= 11 is 5.94. The molecule has 0 atom stereocenters. The molecule has 30 heavy (non-hydrogen) atoms. The number of rotatable bonds is 7. The highest BCUT2D eigenvalue weighted by Crippen LogP contribution is 2.15. The fourth-order valence-corrected chi connectivity index (χ4v) is 3.70. The van der Waals surface area contributed by atoms with Crippen molar-refractivity contribution < 1.29 is 9.90 Å². The van der Waals surface area contributed by atoms with Crippen molar-refractivity contribution in [3.8, 4) is 0 Å². The molecule has 0 bridgehead atoms. The van der Waals surface area contributed by atoms with Gasteiger partial charge in [0.05, 0.1) is 6.61 Å². The lowest BCUT2D eigenvalue weighted by molar-refractivity contribution is 0.0954. The van der Waals surface area contributed by atoms with Gasteiger partial charge >= 0.3 is 0 Å². The zero-order chi connectivity index (χ0) is 20.9. The zero-order valence-corrected chi connectivity index (χ0v) is 17.3. The molecule has 1 amide bonds. The minimum absolute atomic E-state index is 0.180. The van der Waals surface area contributed by atoms with Crippen LogP contribution < -0.4 is 10.2 Å². The van der Waals surface area contributed by atoms with Crippen LogP contribution in [0.25, 0.3) is 5.65 Å². The van der Waals surface area contributed by atoms with Gasteiger partial charge in [0.1, 0.15) is 5.82 Å². The number of amides is 1. The topological polar surface area (TPSA) is 98.9 Å². The van der Waals surface area contributed by atoms with E-state index in [1.807, 2.05) is 12.1 Å². The summed E-state index contributed by atoms with van der Waals surface area (Å²) in [5.41, 5.74) is 1.20. The summed E-state index contributed by atoms with van der Waals surface area (Å²) < 4.78 is 1.74. The molecular formula is C20H24ClN7O2. The van der Waals surface area contributed by atoms with E-state index < -0.39 is 0 Å². The molecule has 3 aromatic rings. The fraction of sp³-hybridized carbons (Fsp3) is 0.400. The first-order valence-corrected chi connectivity index (χ1v) is 10.3. The first-order chi connectivity index (χ1) is 14.6. The number of nitrogens with zero attached hydrogens (tertiary/aromatic N) is 6. The third kappa shape index (κ3) is 4.69. The van der Waals surface area contributed by atoms with Crippen LogP contribution in [0.4, 0.5) is 5.82 Å². The van der Waals surface area contributed by atoms with Gasteiger partial charge in [-0.3, -0.25) is 9.69 Å². The summed E-state index contributed by atoms with van der Waals surface area (Å²) in [6.07, 6.45) is 0.508. The Kier molecular flexibility index (Phi) is 6.41. The zero-order valence-electron chi connectivity index (χ0n) is 16.5. The summed E-state index contributed by atoms with van der Waals surface area (Å²) in [5, 5.41) is 25.6. The number of β-amino-alcohol motifs (C(OH)–C–C–N with tert-alkyl or cyclic N) is 1. The van der Waals surface area contributed by atoms with Gasteiger partial charge in [0.25, 0.3) is 5.91 Å². The number of hydrogen-bond donors (Lipinski definition) is 2. The van der Waals surface area contributed by atoms with E-state index in [0.29, 0.717) is 41.6 Å². The molecule has 1 aliphatic rings. The number of halogens is 1. The number of nitrogens with one attached hydrogen (secondary N) is 1. The number of aliphatic hydroxyl groups is 1. The summed E-state index contributed by atoms with van der Waals surface area (Å²) in [7, 11) is 0. The Morgan fingerprint density at radius 2 is 1.97 bits per heavy atom. The van der Waals surface area contributed by atoms with E-state index in [0.717, 1.165) is 32.0 Å². The third-order valence-corrected chi connectivity index (χ3v) is 5.38. The highest BCUT2D eigenvalue weighted by atomic mass is 35.5. The number of fused-ring (bicyclic) bond motifs is 1. The van der Waals surface area contributed by atoms with Gasteiger partial charge in [0.2, 0.25) is 0 Å². The van der Waals surface area contributed by atoms with Gasteiger partial charge in [0.15, 0.2) is 11.5 Å². The molecule has 1 fully saturated rings. The third-order valence-electron chi connectivity index (χ3n) is 5.15. The van der Waals surface area contributed by atoms with Crippen LogP contribution in [0.1, 0.15) is 16.2 Å². The van der Waals surface area contributed by atoms with E-state index in [-0.39, 0.29) is 12.5 Å². The summed E-state index contributed by atoms with van der Waals surface area (Å²) in [6.45, 7) is 4.80. The number of aliphatic hydroxyl groups excluding tert-OH is 1. The van der Waals surface area contributed by atoms with Gasteiger partial charge in [-0.05, 0) is 30.3 Å².